The highest BCUT2D eigenvalue weighted by atomic mass is 35.5. The van der Waals surface area contributed by atoms with E-state index in [1.54, 1.807) is 0 Å². The highest BCUT2D eigenvalue weighted by Crippen LogP contribution is 2.35. The van der Waals surface area contributed by atoms with Crippen LogP contribution in [0.5, 0.6) is 0 Å². The maximum Gasteiger partial charge on any atom is 0.253 e. The van der Waals surface area contributed by atoms with Gasteiger partial charge in [-0.3, -0.25) is 9.69 Å². The lowest BCUT2D eigenvalue weighted by Crippen LogP contribution is -2.49. The molecule has 1 aliphatic carbocycles. The number of anilines is 1. The normalized spacial score (nSPS) is 17.9. The van der Waals surface area contributed by atoms with Crippen molar-refractivity contribution in [3.8, 4) is 0 Å². The third-order valence-electron chi connectivity index (χ3n) is 8.26. The standard InChI is InChI=1S/C29H34ClN7O/c1-3-20-9-11-25-21(16-20)17-24(29(38)31-25)27(28-32-33-34-37(28)23-6-4-5-7-23)36-14-12-35(13-15-36)26-18-22(30)10-8-19(26)2/h8-11,16-18,23,27H,3-7,12-15H2,1-2H3,(H,31,38). The van der Waals surface area contributed by atoms with Crippen LogP contribution < -0.4 is 10.5 Å². The number of nitrogens with zero attached hydrogens (tertiary/aromatic N) is 6. The third-order valence-corrected chi connectivity index (χ3v) is 8.50. The highest BCUT2D eigenvalue weighted by molar-refractivity contribution is 6.30. The number of hydrogen-bond acceptors (Lipinski definition) is 6. The largest absolute Gasteiger partial charge is 0.369 e. The summed E-state index contributed by atoms with van der Waals surface area (Å²) in [5.74, 6) is 0.765. The molecule has 6 rings (SSSR count). The molecule has 1 aliphatic heterocycles. The summed E-state index contributed by atoms with van der Waals surface area (Å²) in [6.07, 6.45) is 5.45. The summed E-state index contributed by atoms with van der Waals surface area (Å²) in [5, 5.41) is 14.9. The van der Waals surface area contributed by atoms with Crippen LogP contribution in [0.15, 0.2) is 47.3 Å². The summed E-state index contributed by atoms with van der Waals surface area (Å²) < 4.78 is 2.00. The third kappa shape index (κ3) is 4.71. The Bertz CT molecular complexity index is 1500. The fourth-order valence-electron chi connectivity index (χ4n) is 6.13. The van der Waals surface area contributed by atoms with Crippen LogP contribution in [0.25, 0.3) is 10.9 Å². The van der Waals surface area contributed by atoms with Gasteiger partial charge >= 0.3 is 0 Å². The van der Waals surface area contributed by atoms with E-state index in [9.17, 15) is 4.79 Å². The van der Waals surface area contributed by atoms with Crippen molar-refractivity contribution in [2.75, 3.05) is 31.1 Å². The maximum absolute atomic E-state index is 13.6. The van der Waals surface area contributed by atoms with Gasteiger partial charge in [0, 0.05) is 48.0 Å². The molecular weight excluding hydrogens is 498 g/mol. The molecule has 1 saturated carbocycles. The Balaban J connectivity index is 1.39. The van der Waals surface area contributed by atoms with Crippen LogP contribution >= 0.6 is 11.6 Å². The monoisotopic (exact) mass is 531 g/mol. The van der Waals surface area contributed by atoms with E-state index >= 15 is 0 Å². The minimum Gasteiger partial charge on any atom is -0.369 e. The molecule has 2 aromatic carbocycles. The molecule has 4 aromatic rings. The summed E-state index contributed by atoms with van der Waals surface area (Å²) in [5.41, 5.74) is 5.09. The van der Waals surface area contributed by atoms with Gasteiger partial charge in [0.25, 0.3) is 5.56 Å². The van der Waals surface area contributed by atoms with Crippen LogP contribution in [0.2, 0.25) is 5.02 Å². The van der Waals surface area contributed by atoms with Crippen LogP contribution in [-0.2, 0) is 6.42 Å². The van der Waals surface area contributed by atoms with E-state index in [-0.39, 0.29) is 17.6 Å². The van der Waals surface area contributed by atoms with Crippen molar-refractivity contribution in [1.29, 1.82) is 0 Å². The lowest BCUT2D eigenvalue weighted by atomic mass is 10.0. The van der Waals surface area contributed by atoms with E-state index in [4.69, 9.17) is 11.6 Å². The van der Waals surface area contributed by atoms with E-state index in [1.165, 1.54) is 29.7 Å². The van der Waals surface area contributed by atoms with Crippen molar-refractivity contribution in [3.63, 3.8) is 0 Å². The van der Waals surface area contributed by atoms with Gasteiger partial charge in [-0.2, -0.15) is 0 Å². The number of aryl methyl sites for hydroxylation is 2. The van der Waals surface area contributed by atoms with Gasteiger partial charge < -0.3 is 9.88 Å². The fraction of sp³-hybridized carbons (Fsp3) is 0.448. The molecule has 0 bridgehead atoms. The van der Waals surface area contributed by atoms with Crippen LogP contribution in [-0.4, -0.2) is 56.3 Å². The molecule has 2 fully saturated rings. The van der Waals surface area contributed by atoms with Gasteiger partial charge in [0.15, 0.2) is 5.82 Å². The number of nitrogens with one attached hydrogen (secondary N) is 1. The van der Waals surface area contributed by atoms with Gasteiger partial charge in [-0.05, 0) is 83.5 Å². The Labute approximate surface area is 227 Å². The summed E-state index contributed by atoms with van der Waals surface area (Å²) in [7, 11) is 0. The van der Waals surface area contributed by atoms with Crippen molar-refractivity contribution in [2.24, 2.45) is 0 Å². The molecule has 3 heterocycles. The minimum absolute atomic E-state index is 0.0826. The van der Waals surface area contributed by atoms with Gasteiger partial charge in [0.2, 0.25) is 0 Å². The van der Waals surface area contributed by atoms with E-state index < -0.39 is 0 Å². The topological polar surface area (TPSA) is 82.9 Å². The number of pyridine rings is 1. The van der Waals surface area contributed by atoms with Crippen LogP contribution in [0, 0.1) is 6.92 Å². The molecular formula is C29H34ClN7O. The number of halogens is 1. The Morgan fingerprint density at radius 2 is 1.84 bits per heavy atom. The number of tetrazole rings is 1. The fourth-order valence-corrected chi connectivity index (χ4v) is 6.30. The minimum atomic E-state index is -0.327. The van der Waals surface area contributed by atoms with E-state index in [0.717, 1.165) is 67.2 Å². The van der Waals surface area contributed by atoms with Crippen molar-refractivity contribution in [1.82, 2.24) is 30.1 Å². The Kier molecular flexibility index (Phi) is 6.93. The van der Waals surface area contributed by atoms with E-state index in [2.05, 4.69) is 68.4 Å². The van der Waals surface area contributed by atoms with Crippen molar-refractivity contribution in [3.05, 3.63) is 80.4 Å². The first-order valence-electron chi connectivity index (χ1n) is 13.7. The molecule has 198 valence electrons. The molecule has 0 amide bonds. The maximum atomic E-state index is 13.6. The Hall–Kier alpha value is -3.23. The number of aromatic nitrogens is 5. The van der Waals surface area contributed by atoms with Crippen molar-refractivity contribution >= 4 is 28.2 Å². The first-order valence-corrected chi connectivity index (χ1v) is 14.1. The van der Waals surface area contributed by atoms with Crippen LogP contribution in [0.3, 0.4) is 0 Å². The average Bonchev–Trinajstić information content (AvgIpc) is 3.63. The SMILES string of the molecule is CCc1ccc2[nH]c(=O)c(C(c3nnnn3C3CCCC3)N3CCN(c4cc(Cl)ccc4C)CC3)cc2c1. The molecule has 1 unspecified atom stereocenters. The Morgan fingerprint density at radius 3 is 2.61 bits per heavy atom. The number of H-pyrrole nitrogens is 1. The predicted molar refractivity (Wildman–Crippen MR) is 151 cm³/mol. The summed E-state index contributed by atoms with van der Waals surface area (Å²) in [6.45, 7) is 7.48. The predicted octanol–water partition coefficient (Wildman–Crippen LogP) is 5.07. The molecule has 2 aliphatic rings. The number of fused-ring (bicyclic) bond motifs is 1. The van der Waals surface area contributed by atoms with Gasteiger partial charge in [-0.1, -0.05) is 43.5 Å². The van der Waals surface area contributed by atoms with Crippen LogP contribution in [0.1, 0.15) is 67.2 Å². The first-order chi connectivity index (χ1) is 18.5. The van der Waals surface area contributed by atoms with Gasteiger partial charge in [0.05, 0.1) is 6.04 Å². The lowest BCUT2D eigenvalue weighted by molar-refractivity contribution is 0.197. The first kappa shape index (κ1) is 25.1. The second-order valence-electron chi connectivity index (χ2n) is 10.6. The van der Waals surface area contributed by atoms with Crippen LogP contribution in [0.4, 0.5) is 5.69 Å². The molecule has 0 spiro atoms. The van der Waals surface area contributed by atoms with Crippen molar-refractivity contribution in [2.45, 2.75) is 58.0 Å². The smallest absolute Gasteiger partial charge is 0.253 e. The number of hydrogen-bond donors (Lipinski definition) is 1. The second kappa shape index (κ2) is 10.5. The zero-order valence-electron chi connectivity index (χ0n) is 22.0. The summed E-state index contributed by atoms with van der Waals surface area (Å²) >= 11 is 6.33. The van der Waals surface area contributed by atoms with Gasteiger partial charge in [0.1, 0.15) is 6.04 Å². The zero-order valence-corrected chi connectivity index (χ0v) is 22.8. The molecule has 9 heteroatoms. The van der Waals surface area contributed by atoms with E-state index in [0.29, 0.717) is 5.56 Å². The number of piperazine rings is 1. The Morgan fingerprint density at radius 1 is 1.05 bits per heavy atom. The molecule has 2 aromatic heterocycles. The van der Waals surface area contributed by atoms with Crippen molar-refractivity contribution < 1.29 is 0 Å². The number of benzene rings is 2. The lowest BCUT2D eigenvalue weighted by Gasteiger charge is -2.40. The average molecular weight is 532 g/mol. The molecule has 0 radical (unpaired) electrons. The molecule has 1 saturated heterocycles. The molecule has 38 heavy (non-hydrogen) atoms. The molecule has 1 atom stereocenters. The quantitative estimate of drug-likeness (QED) is 0.374. The second-order valence-corrected chi connectivity index (χ2v) is 11.0. The molecule has 1 N–H and O–H groups in total. The summed E-state index contributed by atoms with van der Waals surface area (Å²) in [4.78, 5) is 21.5. The highest BCUT2D eigenvalue weighted by Gasteiger charge is 2.35. The van der Waals surface area contributed by atoms with E-state index in [1.807, 2.05) is 22.9 Å². The zero-order chi connectivity index (χ0) is 26.2. The molecule has 8 nitrogen and oxygen atoms in total. The summed E-state index contributed by atoms with van der Waals surface area (Å²) in [6, 6.07) is 14.3. The number of aromatic amines is 1. The van der Waals surface area contributed by atoms with Gasteiger partial charge in [-0.25, -0.2) is 4.68 Å². The number of rotatable bonds is 6. The van der Waals surface area contributed by atoms with Gasteiger partial charge in [-0.15, -0.1) is 5.10 Å².